The number of benzene rings is 1. The molecule has 3 N–H and O–H groups in total. The second-order valence-corrected chi connectivity index (χ2v) is 5.62. The van der Waals surface area contributed by atoms with E-state index in [4.69, 9.17) is 5.73 Å². The molecule has 0 aliphatic carbocycles. The Morgan fingerprint density at radius 1 is 1.24 bits per heavy atom. The van der Waals surface area contributed by atoms with Crippen molar-refractivity contribution in [2.24, 2.45) is 10.7 Å². The molecule has 0 radical (unpaired) electrons. The number of likely N-dealkylation sites (N-methyl/N-ethyl adjacent to an activating group) is 1. The molecule has 0 aliphatic heterocycles. The van der Waals surface area contributed by atoms with Gasteiger partial charge in [0.05, 0.1) is 6.54 Å². The third-order valence-electron chi connectivity index (χ3n) is 3.87. The molecule has 118 valence electrons. The normalized spacial score (nSPS) is 12.2. The zero-order chi connectivity index (χ0) is 15.8. The van der Waals surface area contributed by atoms with Crippen LogP contribution in [0.4, 0.5) is 5.69 Å². The first-order valence-electron chi connectivity index (χ1n) is 7.87. The fourth-order valence-corrected chi connectivity index (χ4v) is 2.16. The van der Waals surface area contributed by atoms with Gasteiger partial charge in [-0.25, -0.2) is 0 Å². The average molecular weight is 290 g/mol. The van der Waals surface area contributed by atoms with Gasteiger partial charge in [-0.05, 0) is 44.9 Å². The van der Waals surface area contributed by atoms with Crippen LogP contribution in [0.1, 0.15) is 38.8 Å². The van der Waals surface area contributed by atoms with Crippen LogP contribution in [-0.2, 0) is 12.8 Å². The molecule has 1 aromatic carbocycles. The van der Waals surface area contributed by atoms with Crippen molar-refractivity contribution >= 4 is 11.6 Å². The van der Waals surface area contributed by atoms with Crippen molar-refractivity contribution in [2.75, 3.05) is 25.5 Å². The highest BCUT2D eigenvalue weighted by Crippen LogP contribution is 2.22. The second kappa shape index (κ2) is 8.67. The van der Waals surface area contributed by atoms with E-state index in [2.05, 4.69) is 68.2 Å². The molecule has 0 aromatic heterocycles. The number of guanidine groups is 1. The maximum atomic E-state index is 6.04. The standard InChI is InChI=1S/C17H30N4/c1-6-14-9-8-10-15(7-2)16(14)20-17(18)19-11-12-21(5)13(3)4/h8-10,13H,6-7,11-12H2,1-5H3,(H3,18,19,20). The zero-order valence-electron chi connectivity index (χ0n) is 14.1. The van der Waals surface area contributed by atoms with Gasteiger partial charge in [-0.1, -0.05) is 32.0 Å². The summed E-state index contributed by atoms with van der Waals surface area (Å²) in [6.07, 6.45) is 1.97. The molecule has 0 atom stereocenters. The summed E-state index contributed by atoms with van der Waals surface area (Å²) in [4.78, 5) is 6.69. The van der Waals surface area contributed by atoms with E-state index in [9.17, 15) is 0 Å². The van der Waals surface area contributed by atoms with Crippen LogP contribution in [0, 0.1) is 0 Å². The molecular formula is C17H30N4. The maximum absolute atomic E-state index is 6.04. The Kier molecular flexibility index (Phi) is 7.23. The van der Waals surface area contributed by atoms with Crippen molar-refractivity contribution in [1.82, 2.24) is 4.90 Å². The van der Waals surface area contributed by atoms with Crippen LogP contribution in [0.5, 0.6) is 0 Å². The minimum Gasteiger partial charge on any atom is -0.370 e. The van der Waals surface area contributed by atoms with Gasteiger partial charge in [-0.3, -0.25) is 4.99 Å². The number of hydrogen-bond acceptors (Lipinski definition) is 2. The molecule has 4 heteroatoms. The average Bonchev–Trinajstić information content (AvgIpc) is 2.47. The van der Waals surface area contributed by atoms with Crippen molar-refractivity contribution in [3.63, 3.8) is 0 Å². The van der Waals surface area contributed by atoms with Gasteiger partial charge in [0, 0.05) is 18.3 Å². The highest BCUT2D eigenvalue weighted by molar-refractivity contribution is 5.93. The van der Waals surface area contributed by atoms with Crippen molar-refractivity contribution in [1.29, 1.82) is 0 Å². The number of aliphatic imine (C=N–C) groups is 1. The molecule has 0 amide bonds. The lowest BCUT2D eigenvalue weighted by molar-refractivity contribution is 0.282. The molecule has 0 saturated carbocycles. The molecule has 0 bridgehead atoms. The lowest BCUT2D eigenvalue weighted by atomic mass is 10.0. The number of aryl methyl sites for hydroxylation is 2. The third kappa shape index (κ3) is 5.38. The van der Waals surface area contributed by atoms with E-state index < -0.39 is 0 Å². The number of rotatable bonds is 7. The summed E-state index contributed by atoms with van der Waals surface area (Å²) in [7, 11) is 2.10. The first kappa shape index (κ1) is 17.5. The SMILES string of the molecule is CCc1cccc(CC)c1NC(N)=NCCN(C)C(C)C. The third-order valence-corrected chi connectivity index (χ3v) is 3.87. The Labute approximate surface area is 129 Å². The number of anilines is 1. The molecule has 0 spiro atoms. The van der Waals surface area contributed by atoms with Crippen LogP contribution >= 0.6 is 0 Å². The summed E-state index contributed by atoms with van der Waals surface area (Å²) < 4.78 is 0. The zero-order valence-corrected chi connectivity index (χ0v) is 14.1. The first-order valence-corrected chi connectivity index (χ1v) is 7.87. The quantitative estimate of drug-likeness (QED) is 0.600. The summed E-state index contributed by atoms with van der Waals surface area (Å²) >= 11 is 0. The molecular weight excluding hydrogens is 260 g/mol. The molecule has 1 aromatic rings. The lowest BCUT2D eigenvalue weighted by Crippen LogP contribution is -2.30. The van der Waals surface area contributed by atoms with E-state index in [0.29, 0.717) is 18.5 Å². The molecule has 21 heavy (non-hydrogen) atoms. The summed E-state index contributed by atoms with van der Waals surface area (Å²) in [5.74, 6) is 0.503. The van der Waals surface area contributed by atoms with E-state index in [1.807, 2.05) is 0 Å². The molecule has 0 fully saturated rings. The fourth-order valence-electron chi connectivity index (χ4n) is 2.16. The number of hydrogen-bond donors (Lipinski definition) is 2. The van der Waals surface area contributed by atoms with Gasteiger partial charge < -0.3 is 16.0 Å². The Hall–Kier alpha value is -1.55. The van der Waals surface area contributed by atoms with Crippen LogP contribution in [0.2, 0.25) is 0 Å². The summed E-state index contributed by atoms with van der Waals surface area (Å²) in [5, 5.41) is 3.29. The number of nitrogens with two attached hydrogens (primary N) is 1. The molecule has 0 unspecified atom stereocenters. The molecule has 0 heterocycles. The summed E-state index contributed by atoms with van der Waals surface area (Å²) in [6, 6.07) is 6.91. The van der Waals surface area contributed by atoms with Crippen molar-refractivity contribution in [3.8, 4) is 0 Å². The molecule has 4 nitrogen and oxygen atoms in total. The minimum absolute atomic E-state index is 0.503. The van der Waals surface area contributed by atoms with Crippen molar-refractivity contribution in [3.05, 3.63) is 29.3 Å². The van der Waals surface area contributed by atoms with E-state index in [0.717, 1.165) is 25.1 Å². The van der Waals surface area contributed by atoms with Crippen LogP contribution in [0.15, 0.2) is 23.2 Å². The maximum Gasteiger partial charge on any atom is 0.193 e. The number of para-hydroxylation sites is 1. The number of nitrogens with one attached hydrogen (secondary N) is 1. The smallest absolute Gasteiger partial charge is 0.193 e. The van der Waals surface area contributed by atoms with Crippen molar-refractivity contribution < 1.29 is 0 Å². The topological polar surface area (TPSA) is 53.6 Å². The minimum atomic E-state index is 0.503. The molecule has 0 aliphatic rings. The van der Waals surface area contributed by atoms with Gasteiger partial charge in [-0.2, -0.15) is 0 Å². The highest BCUT2D eigenvalue weighted by atomic mass is 15.1. The summed E-state index contributed by atoms with van der Waals surface area (Å²) in [5.41, 5.74) is 9.73. The highest BCUT2D eigenvalue weighted by Gasteiger charge is 2.07. The van der Waals surface area contributed by atoms with Crippen molar-refractivity contribution in [2.45, 2.75) is 46.6 Å². The van der Waals surface area contributed by atoms with Gasteiger partial charge in [0.15, 0.2) is 5.96 Å². The second-order valence-electron chi connectivity index (χ2n) is 5.62. The van der Waals surface area contributed by atoms with Crippen LogP contribution in [-0.4, -0.2) is 37.0 Å². The van der Waals surface area contributed by atoms with Gasteiger partial charge in [0.2, 0.25) is 0 Å². The summed E-state index contributed by atoms with van der Waals surface area (Å²) in [6.45, 7) is 10.3. The van der Waals surface area contributed by atoms with Crippen LogP contribution < -0.4 is 11.1 Å². The molecule has 0 saturated heterocycles. The van der Waals surface area contributed by atoms with Gasteiger partial charge in [0.1, 0.15) is 0 Å². The Balaban J connectivity index is 2.72. The van der Waals surface area contributed by atoms with Crippen LogP contribution in [0.25, 0.3) is 0 Å². The Morgan fingerprint density at radius 3 is 2.29 bits per heavy atom. The largest absolute Gasteiger partial charge is 0.370 e. The van der Waals surface area contributed by atoms with E-state index >= 15 is 0 Å². The van der Waals surface area contributed by atoms with Gasteiger partial charge >= 0.3 is 0 Å². The van der Waals surface area contributed by atoms with Gasteiger partial charge in [-0.15, -0.1) is 0 Å². The van der Waals surface area contributed by atoms with E-state index in [1.54, 1.807) is 0 Å². The monoisotopic (exact) mass is 290 g/mol. The molecule has 1 rings (SSSR count). The van der Waals surface area contributed by atoms with E-state index in [1.165, 1.54) is 11.1 Å². The van der Waals surface area contributed by atoms with Gasteiger partial charge in [0.25, 0.3) is 0 Å². The van der Waals surface area contributed by atoms with Crippen LogP contribution in [0.3, 0.4) is 0 Å². The number of nitrogens with zero attached hydrogens (tertiary/aromatic N) is 2. The first-order chi connectivity index (χ1) is 9.99. The Morgan fingerprint density at radius 2 is 1.81 bits per heavy atom. The predicted octanol–water partition coefficient (Wildman–Crippen LogP) is 2.88. The van der Waals surface area contributed by atoms with E-state index in [-0.39, 0.29) is 0 Å². The lowest BCUT2D eigenvalue weighted by Gasteiger charge is -2.20. The fraction of sp³-hybridized carbons (Fsp3) is 0.588. The predicted molar refractivity (Wildman–Crippen MR) is 93.1 cm³/mol. The Bertz CT molecular complexity index is 444.